The molecule has 0 bridgehead atoms. The summed E-state index contributed by atoms with van der Waals surface area (Å²) in [6.07, 6.45) is -3.83. The Kier molecular flexibility index (Phi) is 7.26. The molecule has 0 aliphatic carbocycles. The van der Waals surface area contributed by atoms with Gasteiger partial charge in [0.1, 0.15) is 5.82 Å². The molecule has 2 aromatic carbocycles. The fourth-order valence-electron chi connectivity index (χ4n) is 5.03. The Labute approximate surface area is 245 Å². The van der Waals surface area contributed by atoms with Crippen molar-refractivity contribution in [1.82, 2.24) is 20.3 Å². The van der Waals surface area contributed by atoms with Crippen LogP contribution < -0.4 is 10.6 Å². The van der Waals surface area contributed by atoms with Gasteiger partial charge in [-0.15, -0.1) is 0 Å². The van der Waals surface area contributed by atoms with Crippen molar-refractivity contribution in [3.8, 4) is 22.8 Å². The minimum absolute atomic E-state index is 0.0894. The molecule has 1 amide bonds. The molecule has 2 aliphatic rings. The number of ether oxygens (including phenoxy) is 1. The summed E-state index contributed by atoms with van der Waals surface area (Å²) >= 11 is 0. The first kappa shape index (κ1) is 29.8. The Hall–Kier alpha value is -4.26. The number of hydrogen-bond donors (Lipinski definition) is 2. The van der Waals surface area contributed by atoms with Crippen LogP contribution in [0.25, 0.3) is 22.8 Å². The number of carbonyl (C=O) groups excluding carboxylic acids is 1. The molecule has 2 aliphatic heterocycles. The zero-order chi connectivity index (χ0) is 31.4. The van der Waals surface area contributed by atoms with Gasteiger partial charge in [-0.1, -0.05) is 34.6 Å². The van der Waals surface area contributed by atoms with E-state index in [0.29, 0.717) is 25.0 Å². The van der Waals surface area contributed by atoms with E-state index in [1.807, 2.05) is 0 Å². The van der Waals surface area contributed by atoms with E-state index in [-0.39, 0.29) is 40.9 Å². The van der Waals surface area contributed by atoms with Crippen LogP contribution in [0.15, 0.2) is 50.3 Å². The summed E-state index contributed by atoms with van der Waals surface area (Å²) < 4.78 is 95.4. The first-order valence-electron chi connectivity index (χ1n) is 13.0. The topological polar surface area (TPSA) is 188 Å². The van der Waals surface area contributed by atoms with E-state index < -0.39 is 62.5 Å². The summed E-state index contributed by atoms with van der Waals surface area (Å²) in [5.41, 5.74) is 4.79. The summed E-state index contributed by atoms with van der Waals surface area (Å²) in [5.74, 6) is -4.78. The first-order valence-corrected chi connectivity index (χ1v) is 14.7. The normalized spacial score (nSPS) is 21.8. The number of carbonyl (C=O) groups is 1. The van der Waals surface area contributed by atoms with Crippen molar-refractivity contribution in [2.75, 3.05) is 23.9 Å². The number of fused-ring (bicyclic) bond motifs is 1. The Balaban J connectivity index is 1.37. The van der Waals surface area contributed by atoms with Gasteiger partial charge in [0.25, 0.3) is 5.89 Å². The highest BCUT2D eigenvalue weighted by molar-refractivity contribution is 7.91. The molecule has 13 nitrogen and oxygen atoms in total. The van der Waals surface area contributed by atoms with Gasteiger partial charge < -0.3 is 29.5 Å². The fourth-order valence-corrected chi connectivity index (χ4v) is 6.59. The predicted octanol–water partition coefficient (Wildman–Crippen LogP) is 2.59. The van der Waals surface area contributed by atoms with Gasteiger partial charge in [-0.25, -0.2) is 12.8 Å². The second-order valence-electron chi connectivity index (χ2n) is 10.3. The minimum atomic E-state index is -4.82. The van der Waals surface area contributed by atoms with Crippen molar-refractivity contribution in [2.45, 2.75) is 42.1 Å². The van der Waals surface area contributed by atoms with Gasteiger partial charge in [-0.3, -0.25) is 4.79 Å². The van der Waals surface area contributed by atoms with E-state index in [4.69, 9.17) is 15.0 Å². The van der Waals surface area contributed by atoms with Crippen LogP contribution in [0.3, 0.4) is 0 Å². The molecule has 3 N–H and O–H groups in total. The molecule has 4 aromatic rings. The van der Waals surface area contributed by atoms with Crippen molar-refractivity contribution < 1.29 is 49.7 Å². The maximum atomic E-state index is 15.4. The largest absolute Gasteiger partial charge is 0.471 e. The third-order valence-corrected chi connectivity index (χ3v) is 9.09. The maximum Gasteiger partial charge on any atom is 0.471 e. The standard InChI is InChI=1S/C26H22F4N6O7S/c27-16-9-19-18(8-15(16)21-33-23(42-35-21)25(12-37)6-1-7-41-25)36(22(38)17(31)11-44(19,39)40)10-13-2-4-14(5-3-13)20-32-24(43-34-20)26(28,29)30/h2-5,8-9,17,37H,1,6-7,10-12,31H2/t17-,25?/m0/s1. The molecular formula is C26H22F4N6O7S. The summed E-state index contributed by atoms with van der Waals surface area (Å²) in [6, 6.07) is 6.06. The first-order chi connectivity index (χ1) is 20.8. The second kappa shape index (κ2) is 10.7. The maximum absolute atomic E-state index is 15.4. The van der Waals surface area contributed by atoms with Gasteiger partial charge in [-0.2, -0.15) is 23.1 Å². The molecule has 2 atom stereocenters. The lowest BCUT2D eigenvalue weighted by Crippen LogP contribution is -2.45. The van der Waals surface area contributed by atoms with Gasteiger partial charge in [-0.05, 0) is 30.5 Å². The van der Waals surface area contributed by atoms with E-state index in [0.717, 1.165) is 17.0 Å². The number of amides is 1. The SMILES string of the molecule is N[C@H]1CS(=O)(=O)c2cc(F)c(-c3noc(C4(CO)CCCO4)n3)cc2N(Cc2ccc(-c3noc(C(F)(F)F)n3)cc2)C1=O. The van der Waals surface area contributed by atoms with Gasteiger partial charge in [0, 0.05) is 12.2 Å². The van der Waals surface area contributed by atoms with Crippen molar-refractivity contribution in [1.29, 1.82) is 0 Å². The molecule has 2 aromatic heterocycles. The van der Waals surface area contributed by atoms with Crippen LogP contribution in [0, 0.1) is 5.82 Å². The van der Waals surface area contributed by atoms with Crippen LogP contribution in [-0.4, -0.2) is 64.7 Å². The monoisotopic (exact) mass is 638 g/mol. The van der Waals surface area contributed by atoms with E-state index in [2.05, 4.69) is 24.8 Å². The zero-order valence-corrected chi connectivity index (χ0v) is 23.2. The Morgan fingerprint density at radius 1 is 1.09 bits per heavy atom. The molecule has 18 heteroatoms. The number of aromatic nitrogens is 4. The summed E-state index contributed by atoms with van der Waals surface area (Å²) in [7, 11) is -4.25. The van der Waals surface area contributed by atoms with E-state index >= 15 is 4.39 Å². The van der Waals surface area contributed by atoms with Gasteiger partial charge in [0.15, 0.2) is 15.4 Å². The summed E-state index contributed by atoms with van der Waals surface area (Å²) in [4.78, 5) is 21.5. The average molecular weight is 639 g/mol. The number of alkyl halides is 3. The van der Waals surface area contributed by atoms with Crippen LogP contribution in [0.4, 0.5) is 23.2 Å². The Morgan fingerprint density at radius 2 is 1.82 bits per heavy atom. The molecule has 0 radical (unpaired) electrons. The van der Waals surface area contributed by atoms with Crippen LogP contribution in [0.1, 0.15) is 30.2 Å². The smallest absolute Gasteiger partial charge is 0.393 e. The quantitative estimate of drug-likeness (QED) is 0.294. The van der Waals surface area contributed by atoms with Crippen molar-refractivity contribution in [2.24, 2.45) is 5.73 Å². The third kappa shape index (κ3) is 5.23. The van der Waals surface area contributed by atoms with Crippen LogP contribution in [0.5, 0.6) is 0 Å². The number of rotatable bonds is 6. The van der Waals surface area contributed by atoms with Gasteiger partial charge >= 0.3 is 12.1 Å². The molecule has 44 heavy (non-hydrogen) atoms. The zero-order valence-electron chi connectivity index (χ0n) is 22.4. The predicted molar refractivity (Wildman–Crippen MR) is 140 cm³/mol. The number of nitrogens with zero attached hydrogens (tertiary/aromatic N) is 5. The molecule has 6 rings (SSSR count). The number of anilines is 1. The fraction of sp³-hybridized carbons (Fsp3) is 0.346. The Bertz CT molecular complexity index is 1840. The molecule has 232 valence electrons. The molecular weight excluding hydrogens is 616 g/mol. The highest BCUT2D eigenvalue weighted by Crippen LogP contribution is 2.39. The van der Waals surface area contributed by atoms with E-state index in [1.54, 1.807) is 0 Å². The number of hydrogen-bond acceptors (Lipinski definition) is 12. The molecule has 1 fully saturated rings. The molecule has 0 spiro atoms. The summed E-state index contributed by atoms with van der Waals surface area (Å²) in [5, 5.41) is 17.0. The minimum Gasteiger partial charge on any atom is -0.393 e. The lowest BCUT2D eigenvalue weighted by atomic mass is 10.0. The van der Waals surface area contributed by atoms with Gasteiger partial charge in [0.2, 0.25) is 17.6 Å². The third-order valence-electron chi connectivity index (χ3n) is 7.29. The number of nitrogens with two attached hydrogens (primary N) is 1. The molecule has 0 saturated carbocycles. The van der Waals surface area contributed by atoms with Crippen molar-refractivity contribution in [3.63, 3.8) is 0 Å². The van der Waals surface area contributed by atoms with Crippen LogP contribution in [0.2, 0.25) is 0 Å². The Morgan fingerprint density at radius 3 is 2.45 bits per heavy atom. The number of halogens is 4. The van der Waals surface area contributed by atoms with Crippen molar-refractivity contribution in [3.05, 3.63) is 59.6 Å². The van der Waals surface area contributed by atoms with Crippen molar-refractivity contribution >= 4 is 21.4 Å². The number of aliphatic hydroxyl groups excluding tert-OH is 1. The number of sulfone groups is 1. The summed E-state index contributed by atoms with van der Waals surface area (Å²) in [6.45, 7) is -0.376. The highest BCUT2D eigenvalue weighted by Gasteiger charge is 2.43. The van der Waals surface area contributed by atoms with Gasteiger partial charge in [0.05, 0.1) is 41.1 Å². The average Bonchev–Trinajstić information content (AvgIpc) is 3.76. The van der Waals surface area contributed by atoms with Crippen LogP contribution >= 0.6 is 0 Å². The highest BCUT2D eigenvalue weighted by atomic mass is 32.2. The molecule has 1 unspecified atom stereocenters. The number of aliphatic hydroxyl groups is 1. The van der Waals surface area contributed by atoms with E-state index in [1.165, 1.54) is 24.3 Å². The van der Waals surface area contributed by atoms with Crippen LogP contribution in [-0.2, 0) is 37.7 Å². The lowest BCUT2D eigenvalue weighted by Gasteiger charge is -2.24. The van der Waals surface area contributed by atoms with E-state index in [9.17, 15) is 31.5 Å². The number of benzene rings is 2. The molecule has 4 heterocycles. The second-order valence-corrected chi connectivity index (χ2v) is 12.3. The molecule has 1 saturated heterocycles. The lowest BCUT2D eigenvalue weighted by molar-refractivity contribution is -0.159.